The predicted molar refractivity (Wildman–Crippen MR) is 133 cm³/mol. The highest BCUT2D eigenvalue weighted by molar-refractivity contribution is 6.07. The van der Waals surface area contributed by atoms with E-state index in [1.54, 1.807) is 42.6 Å². The monoisotopic (exact) mass is 486 g/mol. The number of rotatable bonds is 5. The first-order valence-electron chi connectivity index (χ1n) is 11.5. The number of hydrogen-bond acceptors (Lipinski definition) is 3. The molecule has 0 atom stereocenters. The third-order valence-corrected chi connectivity index (χ3v) is 6.08. The molecule has 0 fully saturated rings. The summed E-state index contributed by atoms with van der Waals surface area (Å²) >= 11 is 0. The average Bonchev–Trinajstić information content (AvgIpc) is 3.19. The van der Waals surface area contributed by atoms with E-state index in [4.69, 9.17) is 0 Å². The van der Waals surface area contributed by atoms with Gasteiger partial charge in [-0.1, -0.05) is 24.3 Å². The topological polar surface area (TPSA) is 86.9 Å². The smallest absolute Gasteiger partial charge is 0.254 e. The van der Waals surface area contributed by atoms with Gasteiger partial charge in [0, 0.05) is 35.0 Å². The van der Waals surface area contributed by atoms with Crippen LogP contribution in [0.15, 0.2) is 66.9 Å². The van der Waals surface area contributed by atoms with Crippen LogP contribution in [0, 0.1) is 11.6 Å². The lowest BCUT2D eigenvalue weighted by atomic mass is 9.88. The van der Waals surface area contributed by atoms with Crippen molar-refractivity contribution in [3.8, 4) is 22.4 Å². The highest BCUT2D eigenvalue weighted by Gasteiger charge is 2.35. The van der Waals surface area contributed by atoms with Crippen molar-refractivity contribution < 1.29 is 18.4 Å². The minimum atomic E-state index is -0.441. The first-order valence-corrected chi connectivity index (χ1v) is 11.5. The first-order chi connectivity index (χ1) is 17.2. The van der Waals surface area contributed by atoms with Gasteiger partial charge in [0.1, 0.15) is 17.5 Å². The van der Waals surface area contributed by atoms with Crippen LogP contribution in [-0.4, -0.2) is 27.3 Å². The number of aromatic amines is 1. The van der Waals surface area contributed by atoms with Crippen LogP contribution < -0.4 is 10.6 Å². The second kappa shape index (κ2) is 9.03. The zero-order chi connectivity index (χ0) is 25.4. The Morgan fingerprint density at radius 2 is 1.78 bits per heavy atom. The van der Waals surface area contributed by atoms with Crippen molar-refractivity contribution in [3.05, 3.63) is 95.3 Å². The van der Waals surface area contributed by atoms with Gasteiger partial charge in [-0.25, -0.2) is 13.8 Å². The fourth-order valence-electron chi connectivity index (χ4n) is 4.57. The van der Waals surface area contributed by atoms with Crippen molar-refractivity contribution in [1.29, 1.82) is 0 Å². The molecule has 8 heteroatoms. The molecule has 2 aromatic heterocycles. The zero-order valence-corrected chi connectivity index (χ0v) is 19.8. The van der Waals surface area contributed by atoms with Gasteiger partial charge in [0.25, 0.3) is 5.91 Å². The summed E-state index contributed by atoms with van der Waals surface area (Å²) in [7, 11) is 0. The van der Waals surface area contributed by atoms with Crippen molar-refractivity contribution >= 4 is 17.6 Å². The van der Waals surface area contributed by atoms with Crippen molar-refractivity contribution in [1.82, 2.24) is 15.3 Å². The van der Waals surface area contributed by atoms with Crippen molar-refractivity contribution in [2.45, 2.75) is 32.2 Å². The molecule has 4 aromatic rings. The van der Waals surface area contributed by atoms with Gasteiger partial charge in [-0.3, -0.25) is 9.59 Å². The fraction of sp³-hybridized carbons (Fsp3) is 0.179. The summed E-state index contributed by atoms with van der Waals surface area (Å²) in [4.78, 5) is 33.3. The summed E-state index contributed by atoms with van der Waals surface area (Å²) in [6.07, 6.45) is 2.19. The van der Waals surface area contributed by atoms with E-state index in [2.05, 4.69) is 20.6 Å². The number of hydrogen-bond donors (Lipinski definition) is 3. The maximum absolute atomic E-state index is 14.2. The lowest BCUT2D eigenvalue weighted by molar-refractivity contribution is -0.115. The van der Waals surface area contributed by atoms with E-state index in [1.165, 1.54) is 24.3 Å². The number of nitrogens with one attached hydrogen (secondary N) is 3. The van der Waals surface area contributed by atoms with Crippen molar-refractivity contribution in [3.63, 3.8) is 0 Å². The summed E-state index contributed by atoms with van der Waals surface area (Å²) in [5.74, 6) is -0.989. The standard InChI is InChI=1S/C28H24F2N4O2/c1-28(2)15-21-25(27(36)34-28)24(17-4-3-5-20(30)13-17)26(32-21)18-10-11-31-22(14-18)33-23(35)12-16-6-8-19(29)9-7-16/h3-11,13-14,32H,12,15H2,1-2H3,(H,34,36)(H,31,33,35). The van der Waals surface area contributed by atoms with Gasteiger partial charge in [0.15, 0.2) is 0 Å². The van der Waals surface area contributed by atoms with Crippen molar-refractivity contribution in [2.75, 3.05) is 5.32 Å². The number of anilines is 1. The number of amides is 2. The number of aromatic nitrogens is 2. The Morgan fingerprint density at radius 3 is 2.53 bits per heavy atom. The van der Waals surface area contributed by atoms with Crippen LogP contribution in [0.25, 0.3) is 22.4 Å². The number of H-pyrrole nitrogens is 1. The Bertz CT molecular complexity index is 1480. The molecule has 2 amide bonds. The van der Waals surface area contributed by atoms with Gasteiger partial charge < -0.3 is 15.6 Å². The third kappa shape index (κ3) is 4.75. The molecular formula is C28H24F2N4O2. The quantitative estimate of drug-likeness (QED) is 0.359. The maximum Gasteiger partial charge on any atom is 0.254 e. The van der Waals surface area contributed by atoms with E-state index in [-0.39, 0.29) is 24.1 Å². The molecule has 0 radical (unpaired) electrons. The van der Waals surface area contributed by atoms with E-state index in [0.717, 1.165) is 5.69 Å². The van der Waals surface area contributed by atoms with Gasteiger partial charge in [-0.2, -0.15) is 0 Å². The third-order valence-electron chi connectivity index (χ3n) is 6.08. The lowest BCUT2D eigenvalue weighted by Crippen LogP contribution is -2.49. The number of carbonyl (C=O) groups excluding carboxylic acids is 2. The molecule has 1 aliphatic heterocycles. The Balaban J connectivity index is 1.52. The van der Waals surface area contributed by atoms with Crippen LogP contribution in [-0.2, 0) is 17.6 Å². The van der Waals surface area contributed by atoms with Crippen LogP contribution in [0.4, 0.5) is 14.6 Å². The SMILES string of the molecule is CC1(C)Cc2[nH]c(-c3ccnc(NC(=O)Cc4ccc(F)cc4)c3)c(-c3cccc(F)c3)c2C(=O)N1. The van der Waals surface area contributed by atoms with Crippen LogP contribution in [0.3, 0.4) is 0 Å². The summed E-state index contributed by atoms with van der Waals surface area (Å²) in [5.41, 5.74) is 3.94. The number of halogens is 2. The lowest BCUT2D eigenvalue weighted by Gasteiger charge is -2.30. The molecule has 3 heterocycles. The largest absolute Gasteiger partial charge is 0.357 e. The number of nitrogens with zero attached hydrogens (tertiary/aromatic N) is 1. The minimum Gasteiger partial charge on any atom is -0.357 e. The second-order valence-corrected chi connectivity index (χ2v) is 9.53. The molecule has 0 aliphatic carbocycles. The van der Waals surface area contributed by atoms with Gasteiger partial charge >= 0.3 is 0 Å². The first kappa shape index (κ1) is 23.4. The molecule has 0 bridgehead atoms. The van der Waals surface area contributed by atoms with Crippen molar-refractivity contribution in [2.24, 2.45) is 0 Å². The van der Waals surface area contributed by atoms with E-state index < -0.39 is 11.4 Å². The molecular weight excluding hydrogens is 462 g/mol. The molecule has 0 saturated carbocycles. The molecule has 1 aliphatic rings. The van der Waals surface area contributed by atoms with Gasteiger partial charge in [-0.05, 0) is 61.4 Å². The fourth-order valence-corrected chi connectivity index (χ4v) is 4.57. The number of pyridine rings is 1. The average molecular weight is 487 g/mol. The summed E-state index contributed by atoms with van der Waals surface area (Å²) in [5, 5.41) is 5.79. The van der Waals surface area contributed by atoms with Crippen LogP contribution in [0.5, 0.6) is 0 Å². The van der Waals surface area contributed by atoms with E-state index in [0.29, 0.717) is 45.7 Å². The summed E-state index contributed by atoms with van der Waals surface area (Å²) in [6.45, 7) is 3.88. The van der Waals surface area contributed by atoms with E-state index in [1.807, 2.05) is 13.8 Å². The Morgan fingerprint density at radius 1 is 1.00 bits per heavy atom. The molecule has 0 saturated heterocycles. The predicted octanol–water partition coefficient (Wildman–Crippen LogP) is 5.27. The van der Waals surface area contributed by atoms with Gasteiger partial charge in [-0.15, -0.1) is 0 Å². The Labute approximate surface area is 206 Å². The number of benzene rings is 2. The minimum absolute atomic E-state index is 0.0623. The molecule has 0 unspecified atom stereocenters. The zero-order valence-electron chi connectivity index (χ0n) is 19.8. The van der Waals surface area contributed by atoms with Gasteiger partial charge in [0.05, 0.1) is 17.7 Å². The molecule has 5 rings (SSSR count). The normalized spacial score (nSPS) is 14.2. The number of carbonyl (C=O) groups is 2. The Hall–Kier alpha value is -4.33. The molecule has 2 aromatic carbocycles. The molecule has 0 spiro atoms. The number of fused-ring (bicyclic) bond motifs is 1. The van der Waals surface area contributed by atoms with Gasteiger partial charge in [0.2, 0.25) is 5.91 Å². The molecule has 182 valence electrons. The maximum atomic E-state index is 14.2. The van der Waals surface area contributed by atoms with Crippen LogP contribution >= 0.6 is 0 Å². The highest BCUT2D eigenvalue weighted by atomic mass is 19.1. The summed E-state index contributed by atoms with van der Waals surface area (Å²) in [6, 6.07) is 15.3. The Kier molecular flexibility index (Phi) is 5.88. The molecule has 6 nitrogen and oxygen atoms in total. The summed E-state index contributed by atoms with van der Waals surface area (Å²) < 4.78 is 27.3. The second-order valence-electron chi connectivity index (χ2n) is 9.53. The van der Waals surface area contributed by atoms with Crippen LogP contribution in [0.1, 0.15) is 35.5 Å². The molecule has 3 N–H and O–H groups in total. The molecule has 36 heavy (non-hydrogen) atoms. The van der Waals surface area contributed by atoms with E-state index in [9.17, 15) is 18.4 Å². The van der Waals surface area contributed by atoms with E-state index >= 15 is 0 Å². The van der Waals surface area contributed by atoms with Crippen LogP contribution in [0.2, 0.25) is 0 Å². The highest BCUT2D eigenvalue weighted by Crippen LogP contribution is 2.40.